The number of allylic oxidation sites excluding steroid dienone is 1. The summed E-state index contributed by atoms with van der Waals surface area (Å²) >= 11 is 0. The molecule has 1 rings (SSSR count). The van der Waals surface area contributed by atoms with Crippen molar-refractivity contribution in [2.24, 2.45) is 10.2 Å². The molecule has 0 aliphatic carbocycles. The third-order valence-electron chi connectivity index (χ3n) is 2.34. The van der Waals surface area contributed by atoms with E-state index < -0.39 is 29.6 Å². The van der Waals surface area contributed by atoms with E-state index in [0.717, 1.165) is 0 Å². The van der Waals surface area contributed by atoms with Gasteiger partial charge >= 0.3 is 18.1 Å². The first-order valence-electron chi connectivity index (χ1n) is 6.09. The Bertz CT molecular complexity index is 651. The highest BCUT2D eigenvalue weighted by molar-refractivity contribution is 5.89. The molecule has 0 aromatic heterocycles. The monoisotopic (exact) mass is 332 g/mol. The molecule has 0 spiro atoms. The maximum absolute atomic E-state index is 12.3. The standard InChI is InChI=1S/C13H11F3N2O5/c1-2-23-12(22)7-3-5-8(6-4-7)17-18-9(11(20)21)10(19)13(14,15)16/h3-6,19H,2H2,1H3,(H,20,21)/b10-9+,18-17?. The van der Waals surface area contributed by atoms with E-state index in [2.05, 4.69) is 10.2 Å². The Morgan fingerprint density at radius 1 is 1.17 bits per heavy atom. The first kappa shape index (κ1) is 18.1. The number of carboxylic acid groups (broad SMARTS) is 1. The number of benzene rings is 1. The number of hydrogen-bond acceptors (Lipinski definition) is 6. The molecule has 1 aromatic rings. The van der Waals surface area contributed by atoms with Gasteiger partial charge in [-0.3, -0.25) is 0 Å². The van der Waals surface area contributed by atoms with Gasteiger partial charge in [0.2, 0.25) is 11.5 Å². The van der Waals surface area contributed by atoms with Gasteiger partial charge in [-0.1, -0.05) is 0 Å². The number of nitrogens with zero attached hydrogens (tertiary/aromatic N) is 2. The van der Waals surface area contributed by atoms with Crippen LogP contribution in [0.5, 0.6) is 0 Å². The molecule has 0 saturated carbocycles. The highest BCUT2D eigenvalue weighted by Gasteiger charge is 2.39. The van der Waals surface area contributed by atoms with Crippen LogP contribution in [0.2, 0.25) is 0 Å². The van der Waals surface area contributed by atoms with E-state index in [1.807, 2.05) is 0 Å². The molecule has 0 amide bonds. The Kier molecular flexibility index (Phi) is 5.82. The third-order valence-corrected chi connectivity index (χ3v) is 2.34. The fourth-order valence-electron chi connectivity index (χ4n) is 1.31. The second-order valence-corrected chi connectivity index (χ2v) is 3.97. The highest BCUT2D eigenvalue weighted by atomic mass is 19.4. The van der Waals surface area contributed by atoms with Crippen LogP contribution in [0.15, 0.2) is 46.0 Å². The maximum atomic E-state index is 12.3. The minimum Gasteiger partial charge on any atom is -0.502 e. The molecule has 0 heterocycles. The minimum atomic E-state index is -5.26. The number of aliphatic hydroxyl groups is 1. The molecule has 0 aliphatic heterocycles. The molecule has 0 atom stereocenters. The Labute approximate surface area is 127 Å². The quantitative estimate of drug-likeness (QED) is 0.372. The van der Waals surface area contributed by atoms with Crippen LogP contribution in [-0.4, -0.2) is 34.9 Å². The van der Waals surface area contributed by atoms with Gasteiger partial charge in [0.15, 0.2) is 0 Å². The largest absolute Gasteiger partial charge is 0.502 e. The summed E-state index contributed by atoms with van der Waals surface area (Å²) in [5.74, 6) is -5.06. The lowest BCUT2D eigenvalue weighted by Crippen LogP contribution is -2.16. The van der Waals surface area contributed by atoms with Gasteiger partial charge in [-0.2, -0.15) is 18.3 Å². The zero-order valence-electron chi connectivity index (χ0n) is 11.7. The fourth-order valence-corrected chi connectivity index (χ4v) is 1.31. The van der Waals surface area contributed by atoms with Gasteiger partial charge in [0.05, 0.1) is 17.9 Å². The van der Waals surface area contributed by atoms with Crippen LogP contribution in [0.3, 0.4) is 0 Å². The SMILES string of the molecule is CCOC(=O)c1ccc(N=N/C(C(=O)O)=C(/O)C(F)(F)F)cc1. The van der Waals surface area contributed by atoms with Crippen LogP contribution in [0.4, 0.5) is 18.9 Å². The molecule has 0 radical (unpaired) electrons. The lowest BCUT2D eigenvalue weighted by molar-refractivity contribution is -0.138. The smallest absolute Gasteiger partial charge is 0.451 e. The van der Waals surface area contributed by atoms with Crippen LogP contribution >= 0.6 is 0 Å². The summed E-state index contributed by atoms with van der Waals surface area (Å²) in [4.78, 5) is 22.1. The van der Waals surface area contributed by atoms with Crippen molar-refractivity contribution in [3.8, 4) is 0 Å². The van der Waals surface area contributed by atoms with E-state index >= 15 is 0 Å². The lowest BCUT2D eigenvalue weighted by Gasteiger charge is -2.05. The van der Waals surface area contributed by atoms with Gasteiger partial charge in [0.1, 0.15) is 0 Å². The molecule has 1 aromatic carbocycles. The summed E-state index contributed by atoms with van der Waals surface area (Å²) in [6.45, 7) is 1.79. The van der Waals surface area contributed by atoms with E-state index in [0.29, 0.717) is 0 Å². The van der Waals surface area contributed by atoms with Crippen molar-refractivity contribution in [3.05, 3.63) is 41.3 Å². The van der Waals surface area contributed by atoms with E-state index in [9.17, 15) is 22.8 Å². The summed E-state index contributed by atoms with van der Waals surface area (Å²) in [6.07, 6.45) is -5.26. The van der Waals surface area contributed by atoms with Gasteiger partial charge in [-0.05, 0) is 31.2 Å². The summed E-state index contributed by atoms with van der Waals surface area (Å²) in [7, 11) is 0. The van der Waals surface area contributed by atoms with Crippen LogP contribution in [0.25, 0.3) is 0 Å². The van der Waals surface area contributed by atoms with Crippen LogP contribution in [-0.2, 0) is 9.53 Å². The number of esters is 1. The molecule has 2 N–H and O–H groups in total. The number of ether oxygens (including phenoxy) is 1. The van der Waals surface area contributed by atoms with E-state index in [1.165, 1.54) is 24.3 Å². The summed E-state index contributed by atoms with van der Waals surface area (Å²) < 4.78 is 41.6. The normalized spacial score (nSPS) is 12.9. The van der Waals surface area contributed by atoms with Crippen molar-refractivity contribution in [3.63, 3.8) is 0 Å². The number of carboxylic acids is 1. The van der Waals surface area contributed by atoms with Gasteiger partial charge in [-0.25, -0.2) is 9.59 Å². The Morgan fingerprint density at radius 3 is 2.17 bits per heavy atom. The first-order valence-corrected chi connectivity index (χ1v) is 6.09. The van der Waals surface area contributed by atoms with E-state index in [1.54, 1.807) is 6.92 Å². The van der Waals surface area contributed by atoms with Crippen molar-refractivity contribution in [2.45, 2.75) is 13.1 Å². The zero-order valence-corrected chi connectivity index (χ0v) is 11.7. The molecular formula is C13H11F3N2O5. The number of carbonyl (C=O) groups excluding carboxylic acids is 1. The number of alkyl halides is 3. The number of aliphatic hydroxyl groups excluding tert-OH is 1. The van der Waals surface area contributed by atoms with Gasteiger partial charge in [0.25, 0.3) is 0 Å². The van der Waals surface area contributed by atoms with Gasteiger partial charge in [0, 0.05) is 0 Å². The fraction of sp³-hybridized carbons (Fsp3) is 0.231. The molecule has 124 valence electrons. The van der Waals surface area contributed by atoms with Crippen LogP contribution in [0.1, 0.15) is 17.3 Å². The number of hydrogen-bond donors (Lipinski definition) is 2. The van der Waals surface area contributed by atoms with Crippen molar-refractivity contribution >= 4 is 17.6 Å². The van der Waals surface area contributed by atoms with Crippen LogP contribution < -0.4 is 0 Å². The molecule has 0 bridgehead atoms. The maximum Gasteiger partial charge on any atom is 0.451 e. The number of rotatable bonds is 5. The average molecular weight is 332 g/mol. The molecule has 0 aliphatic rings. The van der Waals surface area contributed by atoms with E-state index in [4.69, 9.17) is 14.9 Å². The highest BCUT2D eigenvalue weighted by Crippen LogP contribution is 2.27. The predicted octanol–water partition coefficient (Wildman–Crippen LogP) is 3.36. The van der Waals surface area contributed by atoms with Crippen molar-refractivity contribution in [1.82, 2.24) is 0 Å². The number of aliphatic carboxylic acids is 1. The molecule has 0 fully saturated rings. The Balaban J connectivity index is 3.03. The number of azo groups is 1. The molecule has 0 unspecified atom stereocenters. The summed E-state index contributed by atoms with van der Waals surface area (Å²) in [5.41, 5.74) is -1.49. The number of carbonyl (C=O) groups is 2. The Hall–Kier alpha value is -2.91. The second-order valence-electron chi connectivity index (χ2n) is 3.97. The predicted molar refractivity (Wildman–Crippen MR) is 70.3 cm³/mol. The van der Waals surface area contributed by atoms with E-state index in [-0.39, 0.29) is 17.9 Å². The Morgan fingerprint density at radius 2 is 1.74 bits per heavy atom. The first-order chi connectivity index (χ1) is 10.7. The molecular weight excluding hydrogens is 321 g/mol. The second kappa shape index (κ2) is 7.38. The molecule has 0 saturated heterocycles. The molecule has 23 heavy (non-hydrogen) atoms. The van der Waals surface area contributed by atoms with Gasteiger partial charge < -0.3 is 14.9 Å². The number of halogens is 3. The average Bonchev–Trinajstić information content (AvgIpc) is 2.46. The molecule has 10 heteroatoms. The minimum absolute atomic E-state index is 0.0215. The zero-order chi connectivity index (χ0) is 17.6. The van der Waals surface area contributed by atoms with Crippen molar-refractivity contribution in [2.75, 3.05) is 6.61 Å². The van der Waals surface area contributed by atoms with Crippen molar-refractivity contribution < 1.29 is 37.7 Å². The molecule has 7 nitrogen and oxygen atoms in total. The summed E-state index contributed by atoms with van der Waals surface area (Å²) in [6, 6.07) is 5.00. The van der Waals surface area contributed by atoms with Crippen LogP contribution in [0, 0.1) is 0 Å². The summed E-state index contributed by atoms with van der Waals surface area (Å²) in [5, 5.41) is 23.6. The third kappa shape index (κ3) is 5.09. The van der Waals surface area contributed by atoms with Gasteiger partial charge in [-0.15, -0.1) is 5.11 Å². The topological polar surface area (TPSA) is 109 Å². The lowest BCUT2D eigenvalue weighted by atomic mass is 10.2. The van der Waals surface area contributed by atoms with Crippen molar-refractivity contribution in [1.29, 1.82) is 0 Å².